The van der Waals surface area contributed by atoms with Crippen molar-refractivity contribution in [3.63, 3.8) is 0 Å². The summed E-state index contributed by atoms with van der Waals surface area (Å²) in [6, 6.07) is 18.2. The predicted molar refractivity (Wildman–Crippen MR) is 84.4 cm³/mol. The van der Waals surface area contributed by atoms with Crippen molar-refractivity contribution in [2.45, 2.75) is 19.8 Å². The second-order valence-corrected chi connectivity index (χ2v) is 5.10. The first-order chi connectivity index (χ1) is 10.8. The minimum absolute atomic E-state index is 0.000122. The molecule has 0 radical (unpaired) electrons. The first-order valence-electron chi connectivity index (χ1n) is 7.20. The van der Waals surface area contributed by atoms with Gasteiger partial charge in [-0.1, -0.05) is 42.5 Å². The van der Waals surface area contributed by atoms with E-state index in [2.05, 4.69) is 17.2 Å². The van der Waals surface area contributed by atoms with Crippen LogP contribution in [-0.4, -0.2) is 14.9 Å². The van der Waals surface area contributed by atoms with Crippen LogP contribution >= 0.6 is 0 Å². The van der Waals surface area contributed by atoms with E-state index < -0.39 is 0 Å². The monoisotopic (exact) mass is 294 g/mol. The lowest BCUT2D eigenvalue weighted by atomic mass is 10.2. The van der Waals surface area contributed by atoms with Crippen molar-refractivity contribution in [2.24, 2.45) is 0 Å². The molecule has 0 aliphatic carbocycles. The summed E-state index contributed by atoms with van der Waals surface area (Å²) in [7, 11) is 0. The molecule has 0 spiro atoms. The van der Waals surface area contributed by atoms with E-state index in [4.69, 9.17) is 9.84 Å². The van der Waals surface area contributed by atoms with Crippen LogP contribution in [0, 0.1) is 0 Å². The Hall–Kier alpha value is -2.43. The molecule has 2 aromatic carbocycles. The van der Waals surface area contributed by atoms with Crippen LogP contribution in [0.5, 0.6) is 0 Å². The number of ether oxygens (including phenoxy) is 1. The third-order valence-corrected chi connectivity index (χ3v) is 3.37. The molecular formula is C18H18N2O2. The van der Waals surface area contributed by atoms with E-state index in [9.17, 15) is 0 Å². The summed E-state index contributed by atoms with van der Waals surface area (Å²) in [6.45, 7) is 1.15. The summed E-state index contributed by atoms with van der Waals surface area (Å²) < 4.78 is 7.51. The van der Waals surface area contributed by atoms with Crippen LogP contribution in [0.4, 0.5) is 0 Å². The van der Waals surface area contributed by atoms with Gasteiger partial charge < -0.3 is 9.84 Å². The maximum absolute atomic E-state index is 9.10. The highest BCUT2D eigenvalue weighted by molar-refractivity contribution is 5.35. The van der Waals surface area contributed by atoms with Gasteiger partial charge in [0.2, 0.25) is 0 Å². The zero-order valence-corrected chi connectivity index (χ0v) is 12.2. The minimum atomic E-state index is -0.000122. The standard InChI is InChI=1S/C18H18N2O2/c21-12-17-10-19-20(11-17)18-8-4-7-16(9-18)14-22-13-15-5-2-1-3-6-15/h1-11,21H,12-14H2. The minimum Gasteiger partial charge on any atom is -0.392 e. The Kier molecular flexibility index (Phi) is 4.63. The second kappa shape index (κ2) is 7.02. The topological polar surface area (TPSA) is 47.3 Å². The predicted octanol–water partition coefficient (Wildman–Crippen LogP) is 3.08. The number of aromatic nitrogens is 2. The molecule has 0 unspecified atom stereocenters. The van der Waals surface area contributed by atoms with Crippen molar-refractivity contribution in [1.82, 2.24) is 9.78 Å². The van der Waals surface area contributed by atoms with E-state index in [1.165, 1.54) is 5.56 Å². The third kappa shape index (κ3) is 3.61. The molecule has 0 atom stereocenters. The summed E-state index contributed by atoms with van der Waals surface area (Å²) in [4.78, 5) is 0. The highest BCUT2D eigenvalue weighted by Gasteiger charge is 2.02. The van der Waals surface area contributed by atoms with E-state index in [1.807, 2.05) is 48.7 Å². The van der Waals surface area contributed by atoms with Gasteiger partial charge in [-0.2, -0.15) is 5.10 Å². The fourth-order valence-electron chi connectivity index (χ4n) is 2.23. The molecule has 1 heterocycles. The lowest BCUT2D eigenvalue weighted by molar-refractivity contribution is 0.107. The summed E-state index contributed by atoms with van der Waals surface area (Å²) >= 11 is 0. The molecule has 1 N–H and O–H groups in total. The van der Waals surface area contributed by atoms with Crippen molar-refractivity contribution in [3.8, 4) is 5.69 Å². The van der Waals surface area contributed by atoms with E-state index >= 15 is 0 Å². The molecular weight excluding hydrogens is 276 g/mol. The number of hydrogen-bond acceptors (Lipinski definition) is 3. The molecule has 22 heavy (non-hydrogen) atoms. The highest BCUT2D eigenvalue weighted by atomic mass is 16.5. The Morgan fingerprint density at radius 2 is 1.68 bits per heavy atom. The van der Waals surface area contributed by atoms with Crippen molar-refractivity contribution >= 4 is 0 Å². The molecule has 3 aromatic rings. The van der Waals surface area contributed by atoms with Gasteiger partial charge >= 0.3 is 0 Å². The van der Waals surface area contributed by atoms with Gasteiger partial charge in [-0.15, -0.1) is 0 Å². The molecule has 0 aliphatic heterocycles. The number of aliphatic hydroxyl groups excluding tert-OH is 1. The Labute approximate surface area is 129 Å². The Bertz CT molecular complexity index is 723. The van der Waals surface area contributed by atoms with Gasteiger partial charge in [-0.25, -0.2) is 4.68 Å². The molecule has 0 amide bonds. The van der Waals surface area contributed by atoms with Crippen molar-refractivity contribution in [2.75, 3.05) is 0 Å². The Morgan fingerprint density at radius 3 is 2.45 bits per heavy atom. The summed E-state index contributed by atoms with van der Waals surface area (Å²) in [6.07, 6.45) is 3.49. The van der Waals surface area contributed by atoms with E-state index in [0.717, 1.165) is 16.8 Å². The van der Waals surface area contributed by atoms with Gasteiger partial charge in [0, 0.05) is 11.8 Å². The number of nitrogens with zero attached hydrogens (tertiary/aromatic N) is 2. The van der Waals surface area contributed by atoms with Crippen LogP contribution < -0.4 is 0 Å². The van der Waals surface area contributed by atoms with Gasteiger partial charge in [-0.3, -0.25) is 0 Å². The normalized spacial score (nSPS) is 10.8. The van der Waals surface area contributed by atoms with Gasteiger partial charge in [0.05, 0.1) is 31.7 Å². The fourth-order valence-corrected chi connectivity index (χ4v) is 2.23. The smallest absolute Gasteiger partial charge is 0.0722 e. The Balaban J connectivity index is 1.64. The molecule has 1 aromatic heterocycles. The van der Waals surface area contributed by atoms with E-state index in [1.54, 1.807) is 10.9 Å². The SMILES string of the molecule is OCc1cnn(-c2cccc(COCc3ccccc3)c2)c1. The number of rotatable bonds is 6. The van der Waals surface area contributed by atoms with Crippen LogP contribution in [0.3, 0.4) is 0 Å². The summed E-state index contributed by atoms with van der Waals surface area (Å²) in [5.41, 5.74) is 4.01. The van der Waals surface area contributed by atoms with Crippen LogP contribution in [0.2, 0.25) is 0 Å². The molecule has 4 heteroatoms. The number of aliphatic hydroxyl groups is 1. The van der Waals surface area contributed by atoms with E-state index in [0.29, 0.717) is 13.2 Å². The average Bonchev–Trinajstić information content (AvgIpc) is 3.05. The molecule has 112 valence electrons. The average molecular weight is 294 g/mol. The zero-order chi connectivity index (χ0) is 15.2. The third-order valence-electron chi connectivity index (χ3n) is 3.37. The second-order valence-electron chi connectivity index (χ2n) is 5.10. The van der Waals surface area contributed by atoms with Gasteiger partial charge in [0.1, 0.15) is 0 Å². The van der Waals surface area contributed by atoms with Crippen LogP contribution in [0.1, 0.15) is 16.7 Å². The Morgan fingerprint density at radius 1 is 0.909 bits per heavy atom. The summed E-state index contributed by atoms with van der Waals surface area (Å²) in [5.74, 6) is 0. The maximum atomic E-state index is 9.10. The molecule has 0 bridgehead atoms. The maximum Gasteiger partial charge on any atom is 0.0722 e. The van der Waals surface area contributed by atoms with E-state index in [-0.39, 0.29) is 6.61 Å². The summed E-state index contributed by atoms with van der Waals surface area (Å²) in [5, 5.41) is 13.3. The lowest BCUT2D eigenvalue weighted by Gasteiger charge is -2.07. The quantitative estimate of drug-likeness (QED) is 0.760. The van der Waals surface area contributed by atoms with Crippen LogP contribution in [0.25, 0.3) is 5.69 Å². The van der Waals surface area contributed by atoms with Crippen molar-refractivity contribution in [1.29, 1.82) is 0 Å². The zero-order valence-electron chi connectivity index (χ0n) is 12.2. The number of benzene rings is 2. The molecule has 0 saturated carbocycles. The molecule has 0 aliphatic rings. The molecule has 4 nitrogen and oxygen atoms in total. The van der Waals surface area contributed by atoms with Crippen molar-refractivity contribution in [3.05, 3.63) is 83.7 Å². The molecule has 3 rings (SSSR count). The fraction of sp³-hybridized carbons (Fsp3) is 0.167. The number of hydrogen-bond donors (Lipinski definition) is 1. The molecule has 0 fully saturated rings. The largest absolute Gasteiger partial charge is 0.392 e. The first kappa shape index (κ1) is 14.5. The first-order valence-corrected chi connectivity index (χ1v) is 7.20. The van der Waals surface area contributed by atoms with Crippen LogP contribution in [-0.2, 0) is 24.6 Å². The lowest BCUT2D eigenvalue weighted by Crippen LogP contribution is -1.98. The van der Waals surface area contributed by atoms with Gasteiger partial charge in [-0.05, 0) is 23.3 Å². The molecule has 0 saturated heterocycles. The van der Waals surface area contributed by atoms with Crippen LogP contribution in [0.15, 0.2) is 67.0 Å². The van der Waals surface area contributed by atoms with Gasteiger partial charge in [0.25, 0.3) is 0 Å². The van der Waals surface area contributed by atoms with Gasteiger partial charge in [0.15, 0.2) is 0 Å². The van der Waals surface area contributed by atoms with Crippen molar-refractivity contribution < 1.29 is 9.84 Å². The highest BCUT2D eigenvalue weighted by Crippen LogP contribution is 2.13.